The van der Waals surface area contributed by atoms with E-state index in [-0.39, 0.29) is 12.6 Å². The van der Waals surface area contributed by atoms with Crippen LogP contribution in [-0.2, 0) is 0 Å². The van der Waals surface area contributed by atoms with Crippen molar-refractivity contribution in [1.82, 2.24) is 5.32 Å². The molecule has 2 atom stereocenters. The third kappa shape index (κ3) is 3.75. The minimum Gasteiger partial charge on any atom is -0.395 e. The molecule has 0 spiro atoms. The Labute approximate surface area is 147 Å². The molecule has 0 fully saturated rings. The molecule has 4 nitrogen and oxygen atoms in total. The Bertz CT molecular complexity index is 630. The third-order valence-electron chi connectivity index (χ3n) is 4.28. The molecule has 3 rings (SSSR count). The molecule has 1 aliphatic rings. The molecule has 0 aliphatic carbocycles. The predicted molar refractivity (Wildman–Crippen MR) is 99.2 cm³/mol. The number of anilines is 2. The van der Waals surface area contributed by atoms with Crippen molar-refractivity contribution in [2.24, 2.45) is 0 Å². The van der Waals surface area contributed by atoms with Gasteiger partial charge < -0.3 is 20.4 Å². The number of benzene rings is 2. The molecule has 0 radical (unpaired) electrons. The predicted octanol–water partition coefficient (Wildman–Crippen LogP) is 3.01. The first-order chi connectivity index (χ1) is 11.7. The van der Waals surface area contributed by atoms with E-state index in [0.29, 0.717) is 13.1 Å². The summed E-state index contributed by atoms with van der Waals surface area (Å²) < 4.78 is 0. The van der Waals surface area contributed by atoms with Gasteiger partial charge in [-0.05, 0) is 30.7 Å². The van der Waals surface area contributed by atoms with Gasteiger partial charge in [0, 0.05) is 22.4 Å². The van der Waals surface area contributed by atoms with E-state index in [2.05, 4.69) is 34.5 Å². The van der Waals surface area contributed by atoms with Crippen molar-refractivity contribution < 1.29 is 10.2 Å². The minimum atomic E-state index is -0.519. The molecule has 1 heterocycles. The van der Waals surface area contributed by atoms with Crippen molar-refractivity contribution in [3.8, 4) is 0 Å². The minimum absolute atomic E-state index is 0.0381. The molecule has 2 aromatic carbocycles. The standard InChI is InChI=1S/C19H24N2O2S/c1-2-14(13-22)20-11-15(23)12-21-16-7-3-5-9-18(16)24-19-10-6-4-8-17(19)21/h3-10,14-15,20,22-23H,2,11-13H2,1H3/t14-,15-/m1/s1. The van der Waals surface area contributed by atoms with Crippen LogP contribution in [-0.4, -0.2) is 42.1 Å². The number of hydrogen-bond acceptors (Lipinski definition) is 5. The number of fused-ring (bicyclic) bond motifs is 2. The van der Waals surface area contributed by atoms with Crippen LogP contribution in [0.2, 0.25) is 0 Å². The largest absolute Gasteiger partial charge is 0.395 e. The van der Waals surface area contributed by atoms with Gasteiger partial charge in [0.15, 0.2) is 0 Å². The van der Waals surface area contributed by atoms with Crippen LogP contribution in [0.5, 0.6) is 0 Å². The van der Waals surface area contributed by atoms with Gasteiger partial charge in [-0.1, -0.05) is 43.0 Å². The van der Waals surface area contributed by atoms with Crippen LogP contribution in [0.3, 0.4) is 0 Å². The zero-order valence-electron chi connectivity index (χ0n) is 13.9. The number of hydrogen-bond donors (Lipinski definition) is 3. The Morgan fingerprint density at radius 2 is 1.62 bits per heavy atom. The van der Waals surface area contributed by atoms with Gasteiger partial charge in [-0.3, -0.25) is 0 Å². The highest BCUT2D eigenvalue weighted by molar-refractivity contribution is 7.99. The average Bonchev–Trinajstić information content (AvgIpc) is 2.62. The van der Waals surface area contributed by atoms with E-state index in [1.165, 1.54) is 9.79 Å². The number of nitrogens with zero attached hydrogens (tertiary/aromatic N) is 1. The highest BCUT2D eigenvalue weighted by Crippen LogP contribution is 2.47. The molecular weight excluding hydrogens is 320 g/mol. The summed E-state index contributed by atoms with van der Waals surface area (Å²) in [7, 11) is 0. The lowest BCUT2D eigenvalue weighted by Crippen LogP contribution is -2.42. The van der Waals surface area contributed by atoms with Crippen LogP contribution in [0, 0.1) is 0 Å². The summed E-state index contributed by atoms with van der Waals surface area (Å²) in [4.78, 5) is 4.60. The van der Waals surface area contributed by atoms with Crippen LogP contribution < -0.4 is 10.2 Å². The second kappa shape index (κ2) is 8.03. The van der Waals surface area contributed by atoms with Crippen LogP contribution in [0.25, 0.3) is 0 Å². The average molecular weight is 344 g/mol. The lowest BCUT2D eigenvalue weighted by Gasteiger charge is -2.34. The second-order valence-corrected chi connectivity index (χ2v) is 7.08. The van der Waals surface area contributed by atoms with Crippen LogP contribution >= 0.6 is 11.8 Å². The molecule has 5 heteroatoms. The van der Waals surface area contributed by atoms with Crippen molar-refractivity contribution in [2.45, 2.75) is 35.3 Å². The fourth-order valence-electron chi connectivity index (χ4n) is 2.89. The van der Waals surface area contributed by atoms with Crippen molar-refractivity contribution in [3.05, 3.63) is 48.5 Å². The van der Waals surface area contributed by atoms with Crippen LogP contribution in [0.1, 0.15) is 13.3 Å². The third-order valence-corrected chi connectivity index (χ3v) is 5.41. The maximum Gasteiger partial charge on any atom is 0.0843 e. The topological polar surface area (TPSA) is 55.7 Å². The first kappa shape index (κ1) is 17.3. The highest BCUT2D eigenvalue weighted by Gasteiger charge is 2.24. The zero-order valence-corrected chi connectivity index (χ0v) is 14.7. The van der Waals surface area contributed by atoms with Gasteiger partial charge in [0.05, 0.1) is 30.6 Å². The number of aliphatic hydroxyl groups excluding tert-OH is 2. The summed E-state index contributed by atoms with van der Waals surface area (Å²) in [6, 6.07) is 16.6. The van der Waals surface area contributed by atoms with Crippen molar-refractivity contribution in [3.63, 3.8) is 0 Å². The van der Waals surface area contributed by atoms with E-state index >= 15 is 0 Å². The van der Waals surface area contributed by atoms with E-state index in [1.54, 1.807) is 11.8 Å². The summed E-state index contributed by atoms with van der Waals surface area (Å²) >= 11 is 1.77. The molecular formula is C19H24N2O2S. The molecule has 128 valence electrons. The fourth-order valence-corrected chi connectivity index (χ4v) is 3.99. The van der Waals surface area contributed by atoms with Gasteiger partial charge in [-0.25, -0.2) is 0 Å². The SMILES string of the molecule is CC[C@H](CO)NC[C@@H](O)CN1c2ccccc2Sc2ccccc21. The first-order valence-corrected chi connectivity index (χ1v) is 9.20. The molecule has 0 unspecified atom stereocenters. The number of nitrogens with one attached hydrogen (secondary N) is 1. The highest BCUT2D eigenvalue weighted by atomic mass is 32.2. The molecule has 2 aromatic rings. The molecule has 3 N–H and O–H groups in total. The van der Waals surface area contributed by atoms with Gasteiger partial charge in [0.1, 0.15) is 0 Å². The number of aliphatic hydroxyl groups is 2. The summed E-state index contributed by atoms with van der Waals surface area (Å²) in [5.74, 6) is 0. The van der Waals surface area contributed by atoms with Gasteiger partial charge in [0.2, 0.25) is 0 Å². The Balaban J connectivity index is 1.77. The van der Waals surface area contributed by atoms with Gasteiger partial charge in [-0.15, -0.1) is 0 Å². The molecule has 0 saturated carbocycles. The summed E-state index contributed by atoms with van der Waals surface area (Å²) in [5.41, 5.74) is 2.27. The molecule has 1 aliphatic heterocycles. The van der Waals surface area contributed by atoms with E-state index < -0.39 is 6.10 Å². The number of β-amino-alcohol motifs (C(OH)–C–C–N with tert-alkyl or cyclic N) is 1. The number of rotatable bonds is 7. The Hall–Kier alpha value is -1.53. The normalized spacial score (nSPS) is 15.5. The van der Waals surface area contributed by atoms with Crippen LogP contribution in [0.15, 0.2) is 58.3 Å². The van der Waals surface area contributed by atoms with Crippen molar-refractivity contribution in [2.75, 3.05) is 24.6 Å². The second-order valence-electron chi connectivity index (χ2n) is 6.00. The summed E-state index contributed by atoms with van der Waals surface area (Å²) in [6.45, 7) is 3.10. The van der Waals surface area contributed by atoms with Gasteiger partial charge in [0.25, 0.3) is 0 Å². The van der Waals surface area contributed by atoms with E-state index in [0.717, 1.165) is 17.8 Å². The zero-order chi connectivity index (χ0) is 16.9. The van der Waals surface area contributed by atoms with Crippen LogP contribution in [0.4, 0.5) is 11.4 Å². The smallest absolute Gasteiger partial charge is 0.0843 e. The quantitative estimate of drug-likeness (QED) is 0.721. The Kier molecular flexibility index (Phi) is 5.79. The Morgan fingerprint density at radius 1 is 1.04 bits per heavy atom. The number of para-hydroxylation sites is 2. The van der Waals surface area contributed by atoms with Gasteiger partial charge in [-0.2, -0.15) is 0 Å². The lowest BCUT2D eigenvalue weighted by atomic mass is 10.2. The molecule has 0 aromatic heterocycles. The molecule has 0 saturated heterocycles. The lowest BCUT2D eigenvalue weighted by molar-refractivity contribution is 0.162. The molecule has 24 heavy (non-hydrogen) atoms. The van der Waals surface area contributed by atoms with E-state index in [1.807, 2.05) is 31.2 Å². The maximum absolute atomic E-state index is 10.5. The molecule has 0 amide bonds. The summed E-state index contributed by atoms with van der Waals surface area (Å²) in [6.07, 6.45) is 0.324. The van der Waals surface area contributed by atoms with Crippen molar-refractivity contribution in [1.29, 1.82) is 0 Å². The van der Waals surface area contributed by atoms with Gasteiger partial charge >= 0.3 is 0 Å². The van der Waals surface area contributed by atoms with E-state index in [4.69, 9.17) is 0 Å². The monoisotopic (exact) mass is 344 g/mol. The fraction of sp³-hybridized carbons (Fsp3) is 0.368. The van der Waals surface area contributed by atoms with E-state index in [9.17, 15) is 10.2 Å². The van der Waals surface area contributed by atoms with Crippen molar-refractivity contribution >= 4 is 23.1 Å². The molecule has 0 bridgehead atoms. The maximum atomic E-state index is 10.5. The Morgan fingerprint density at radius 3 is 2.17 bits per heavy atom. The summed E-state index contributed by atoms with van der Waals surface area (Å²) in [5, 5.41) is 23.0. The first-order valence-electron chi connectivity index (χ1n) is 8.38.